The molecule has 3 nitrogen and oxygen atoms in total. The summed E-state index contributed by atoms with van der Waals surface area (Å²) in [5.74, 6) is 0.539. The van der Waals surface area contributed by atoms with Gasteiger partial charge in [0.25, 0.3) is 5.91 Å². The second-order valence-electron chi connectivity index (χ2n) is 2.82. The van der Waals surface area contributed by atoms with E-state index in [-0.39, 0.29) is 12.5 Å². The van der Waals surface area contributed by atoms with Crippen LogP contribution in [0, 0.1) is 0 Å². The van der Waals surface area contributed by atoms with Crippen molar-refractivity contribution in [3.63, 3.8) is 0 Å². The molecule has 1 aromatic carbocycles. The quantitative estimate of drug-likeness (QED) is 0.918. The third kappa shape index (κ3) is 4.22. The van der Waals surface area contributed by atoms with Crippen molar-refractivity contribution < 1.29 is 9.53 Å². The molecule has 0 heterocycles. The zero-order valence-corrected chi connectivity index (χ0v) is 11.4. The second-order valence-corrected chi connectivity index (χ2v) is 4.59. The highest BCUT2D eigenvalue weighted by molar-refractivity contribution is 9.11. The van der Waals surface area contributed by atoms with Crippen molar-refractivity contribution in [1.29, 1.82) is 0 Å². The van der Waals surface area contributed by atoms with Crippen LogP contribution in [0.2, 0.25) is 0 Å². The maximum absolute atomic E-state index is 11.1. The number of hydrogen-bond acceptors (Lipinski definition) is 2. The number of halogens is 2. The minimum atomic E-state index is -0.118. The zero-order chi connectivity index (χ0) is 11.3. The van der Waals surface area contributed by atoms with Gasteiger partial charge in [-0.15, -0.1) is 0 Å². The van der Waals surface area contributed by atoms with Crippen molar-refractivity contribution in [2.24, 2.45) is 0 Å². The minimum absolute atomic E-state index is 0.0358. The molecule has 1 aromatic rings. The molecule has 1 N–H and O–H groups in total. The number of benzene rings is 1. The second kappa shape index (κ2) is 6.12. The number of hydrogen-bond donors (Lipinski definition) is 1. The molecule has 0 atom stereocenters. The van der Waals surface area contributed by atoms with E-state index in [0.717, 1.165) is 8.95 Å². The molecule has 0 spiro atoms. The van der Waals surface area contributed by atoms with Crippen LogP contribution in [0.1, 0.15) is 6.92 Å². The van der Waals surface area contributed by atoms with Gasteiger partial charge < -0.3 is 10.1 Å². The molecular formula is C10H11Br2NO2. The predicted molar refractivity (Wildman–Crippen MR) is 66.0 cm³/mol. The Hall–Kier alpha value is -0.550. The van der Waals surface area contributed by atoms with Crippen LogP contribution >= 0.6 is 31.9 Å². The van der Waals surface area contributed by atoms with Crippen molar-refractivity contribution in [2.45, 2.75) is 6.92 Å². The van der Waals surface area contributed by atoms with Crippen LogP contribution in [0.3, 0.4) is 0 Å². The Balaban J connectivity index is 2.54. The fraction of sp³-hybridized carbons (Fsp3) is 0.300. The Labute approximate surface area is 105 Å². The first-order valence-corrected chi connectivity index (χ1v) is 6.06. The molecule has 0 bridgehead atoms. The molecule has 5 heteroatoms. The lowest BCUT2D eigenvalue weighted by atomic mass is 10.3. The molecule has 0 fully saturated rings. The molecule has 0 saturated carbocycles. The van der Waals surface area contributed by atoms with Crippen LogP contribution in [0.15, 0.2) is 27.1 Å². The lowest BCUT2D eigenvalue weighted by Gasteiger charge is -2.07. The molecule has 1 rings (SSSR count). The number of carbonyl (C=O) groups excluding carboxylic acids is 1. The molecule has 82 valence electrons. The van der Waals surface area contributed by atoms with Crippen molar-refractivity contribution in [1.82, 2.24) is 5.32 Å². The Kier molecular flexibility index (Phi) is 5.11. The van der Waals surface area contributed by atoms with Crippen molar-refractivity contribution in [2.75, 3.05) is 13.2 Å². The molecule has 0 aliphatic rings. The first-order valence-electron chi connectivity index (χ1n) is 4.48. The lowest BCUT2D eigenvalue weighted by Crippen LogP contribution is -2.28. The highest BCUT2D eigenvalue weighted by Crippen LogP contribution is 2.27. The topological polar surface area (TPSA) is 38.3 Å². The van der Waals surface area contributed by atoms with Crippen LogP contribution in [-0.4, -0.2) is 19.1 Å². The SMILES string of the molecule is CCNC(=O)COc1ccc(Br)cc1Br. The van der Waals surface area contributed by atoms with Crippen LogP contribution in [0.5, 0.6) is 5.75 Å². The number of carbonyl (C=O) groups is 1. The Morgan fingerprint density at radius 2 is 2.20 bits per heavy atom. The smallest absolute Gasteiger partial charge is 0.257 e. The van der Waals surface area contributed by atoms with Gasteiger partial charge in [-0.25, -0.2) is 0 Å². The van der Waals surface area contributed by atoms with Gasteiger partial charge in [-0.1, -0.05) is 15.9 Å². The van der Waals surface area contributed by atoms with Gasteiger partial charge in [0, 0.05) is 11.0 Å². The summed E-state index contributed by atoms with van der Waals surface area (Å²) in [4.78, 5) is 11.1. The van der Waals surface area contributed by atoms with Gasteiger partial charge in [0.2, 0.25) is 0 Å². The highest BCUT2D eigenvalue weighted by Gasteiger charge is 2.04. The molecule has 1 amide bonds. The molecule has 0 aliphatic carbocycles. The van der Waals surface area contributed by atoms with E-state index in [1.165, 1.54) is 0 Å². The van der Waals surface area contributed by atoms with Gasteiger partial charge in [0.1, 0.15) is 5.75 Å². The fourth-order valence-corrected chi connectivity index (χ4v) is 2.15. The minimum Gasteiger partial charge on any atom is -0.483 e. The Bertz CT molecular complexity index is 355. The van der Waals surface area contributed by atoms with Gasteiger partial charge in [0.05, 0.1) is 4.47 Å². The van der Waals surface area contributed by atoms with E-state index in [4.69, 9.17) is 4.74 Å². The zero-order valence-electron chi connectivity index (χ0n) is 8.22. The first kappa shape index (κ1) is 12.5. The maximum atomic E-state index is 11.1. The number of ether oxygens (including phenoxy) is 1. The predicted octanol–water partition coefficient (Wildman–Crippen LogP) is 2.73. The summed E-state index contributed by atoms with van der Waals surface area (Å²) in [7, 11) is 0. The van der Waals surface area contributed by atoms with Gasteiger partial charge >= 0.3 is 0 Å². The normalized spacial score (nSPS) is 9.80. The largest absolute Gasteiger partial charge is 0.483 e. The molecule has 0 aliphatic heterocycles. The average Bonchev–Trinajstić information content (AvgIpc) is 2.17. The summed E-state index contributed by atoms with van der Waals surface area (Å²) >= 11 is 6.69. The van der Waals surface area contributed by atoms with Gasteiger partial charge in [-0.3, -0.25) is 4.79 Å². The molecule has 0 saturated heterocycles. The number of amides is 1. The van der Waals surface area contributed by atoms with Crippen LogP contribution in [-0.2, 0) is 4.79 Å². The fourth-order valence-electron chi connectivity index (χ4n) is 0.984. The van der Waals surface area contributed by atoms with E-state index in [1.807, 2.05) is 19.1 Å². The van der Waals surface area contributed by atoms with Crippen LogP contribution in [0.25, 0.3) is 0 Å². The summed E-state index contributed by atoms with van der Waals surface area (Å²) in [6.07, 6.45) is 0. The highest BCUT2D eigenvalue weighted by atomic mass is 79.9. The number of nitrogens with one attached hydrogen (secondary N) is 1. The van der Waals surface area contributed by atoms with E-state index in [0.29, 0.717) is 12.3 Å². The van der Waals surface area contributed by atoms with Crippen molar-refractivity contribution >= 4 is 37.8 Å². The van der Waals surface area contributed by atoms with Crippen LogP contribution in [0.4, 0.5) is 0 Å². The third-order valence-corrected chi connectivity index (χ3v) is 2.74. The summed E-state index contributed by atoms with van der Waals surface area (Å²) in [5, 5.41) is 2.66. The third-order valence-electron chi connectivity index (χ3n) is 1.63. The van der Waals surface area contributed by atoms with E-state index >= 15 is 0 Å². The molecule has 0 radical (unpaired) electrons. The number of rotatable bonds is 4. The Morgan fingerprint density at radius 1 is 1.47 bits per heavy atom. The molecular weight excluding hydrogens is 326 g/mol. The monoisotopic (exact) mass is 335 g/mol. The van der Waals surface area contributed by atoms with E-state index in [9.17, 15) is 4.79 Å². The van der Waals surface area contributed by atoms with Crippen molar-refractivity contribution in [3.8, 4) is 5.75 Å². The van der Waals surface area contributed by atoms with Crippen LogP contribution < -0.4 is 10.1 Å². The summed E-state index contributed by atoms with van der Waals surface area (Å²) in [6.45, 7) is 2.52. The standard InChI is InChI=1S/C10H11Br2NO2/c1-2-13-10(14)6-15-9-4-3-7(11)5-8(9)12/h3-5H,2,6H2,1H3,(H,13,14). The van der Waals surface area contributed by atoms with E-state index in [1.54, 1.807) is 6.07 Å². The van der Waals surface area contributed by atoms with Crippen molar-refractivity contribution in [3.05, 3.63) is 27.1 Å². The van der Waals surface area contributed by atoms with E-state index < -0.39 is 0 Å². The van der Waals surface area contributed by atoms with Gasteiger partial charge in [0.15, 0.2) is 6.61 Å². The number of likely N-dealkylation sites (N-methyl/N-ethyl adjacent to an activating group) is 1. The van der Waals surface area contributed by atoms with E-state index in [2.05, 4.69) is 37.2 Å². The summed E-state index contributed by atoms with van der Waals surface area (Å²) in [6, 6.07) is 5.53. The maximum Gasteiger partial charge on any atom is 0.257 e. The first-order chi connectivity index (χ1) is 7.13. The van der Waals surface area contributed by atoms with Gasteiger partial charge in [-0.05, 0) is 41.1 Å². The molecule has 0 unspecified atom stereocenters. The average molecular weight is 337 g/mol. The summed E-state index contributed by atoms with van der Waals surface area (Å²) < 4.78 is 7.10. The molecule has 15 heavy (non-hydrogen) atoms. The van der Waals surface area contributed by atoms with Gasteiger partial charge in [-0.2, -0.15) is 0 Å². The summed E-state index contributed by atoms with van der Waals surface area (Å²) in [5.41, 5.74) is 0. The Morgan fingerprint density at radius 3 is 2.80 bits per heavy atom. The molecule has 0 aromatic heterocycles. The lowest BCUT2D eigenvalue weighted by molar-refractivity contribution is -0.122.